The molecule has 12 heteroatoms. The number of nitrogens with one attached hydrogen (secondary N) is 1. The summed E-state index contributed by atoms with van der Waals surface area (Å²) in [4.78, 5) is 43.1. The second kappa shape index (κ2) is 10.0. The molecule has 0 radical (unpaired) electrons. The second-order valence-corrected chi connectivity index (χ2v) is 10.1. The summed E-state index contributed by atoms with van der Waals surface area (Å²) >= 11 is 0. The molecule has 2 amide bonds. The van der Waals surface area contributed by atoms with Crippen molar-refractivity contribution in [2.45, 2.75) is 64.5 Å². The Labute approximate surface area is 204 Å². The molecule has 0 atom stereocenters. The van der Waals surface area contributed by atoms with Crippen LogP contribution >= 0.6 is 0 Å². The highest BCUT2D eigenvalue weighted by atomic mass is 16.6. The fourth-order valence-electron chi connectivity index (χ4n) is 4.45. The Bertz CT molecular complexity index is 1120. The molecule has 1 N–H and O–H groups in total. The van der Waals surface area contributed by atoms with Gasteiger partial charge in [-0.1, -0.05) is 19.3 Å². The molecule has 188 valence electrons. The molecule has 1 saturated heterocycles. The molecule has 1 aliphatic carbocycles. The van der Waals surface area contributed by atoms with Gasteiger partial charge in [0.25, 0.3) is 0 Å². The zero-order valence-electron chi connectivity index (χ0n) is 20.8. The van der Waals surface area contributed by atoms with Crippen LogP contribution in [0.2, 0.25) is 0 Å². The second-order valence-electron chi connectivity index (χ2n) is 10.1. The smallest absolute Gasteiger partial charge is 0.426 e. The normalized spacial score (nSPS) is 17.7. The quantitative estimate of drug-likeness (QED) is 0.654. The summed E-state index contributed by atoms with van der Waals surface area (Å²) in [6.07, 6.45) is 5.60. The fraction of sp³-hybridized carbons (Fsp3) is 0.652. The van der Waals surface area contributed by atoms with Gasteiger partial charge in [0.2, 0.25) is 5.82 Å². The minimum atomic E-state index is -0.683. The molecule has 2 fully saturated rings. The summed E-state index contributed by atoms with van der Waals surface area (Å²) < 4.78 is 6.85. The van der Waals surface area contributed by atoms with Crippen LogP contribution in [0.25, 0.3) is 11.2 Å². The Morgan fingerprint density at radius 3 is 2.46 bits per heavy atom. The Hall–Kier alpha value is -3.46. The molecule has 4 rings (SSSR count). The highest BCUT2D eigenvalue weighted by molar-refractivity contribution is 5.92. The number of likely N-dealkylation sites (N-methyl/N-ethyl adjacent to an activating group) is 1. The van der Waals surface area contributed by atoms with Crippen LogP contribution in [0.5, 0.6) is 0 Å². The van der Waals surface area contributed by atoms with Crippen LogP contribution in [0.1, 0.15) is 58.7 Å². The molecule has 1 saturated carbocycles. The van der Waals surface area contributed by atoms with Crippen molar-refractivity contribution >= 4 is 29.1 Å². The van der Waals surface area contributed by atoms with E-state index in [9.17, 15) is 14.9 Å². The standard InChI is InChI=1S/C23H33N9O3/c1-23(2,3)35-21(33)28-32(16-8-6-5-7-9-16)20-18-19(26-17(14-24)27-20)31(15-25-18)22(34)30-12-10-29(4)11-13-30/h15-16H,5-13H2,1-4H3,(H,28,33). The van der Waals surface area contributed by atoms with E-state index >= 15 is 0 Å². The summed E-state index contributed by atoms with van der Waals surface area (Å²) in [5, 5.41) is 11.3. The van der Waals surface area contributed by atoms with E-state index in [1.165, 1.54) is 10.9 Å². The highest BCUT2D eigenvalue weighted by Crippen LogP contribution is 2.29. The van der Waals surface area contributed by atoms with Crippen LogP contribution in [0.15, 0.2) is 6.33 Å². The van der Waals surface area contributed by atoms with Crippen molar-refractivity contribution in [3.05, 3.63) is 12.2 Å². The lowest BCUT2D eigenvalue weighted by Crippen LogP contribution is -2.51. The summed E-state index contributed by atoms with van der Waals surface area (Å²) in [6.45, 7) is 8.10. The van der Waals surface area contributed by atoms with Gasteiger partial charge in [0, 0.05) is 26.2 Å². The molecule has 2 aliphatic rings. The lowest BCUT2D eigenvalue weighted by Gasteiger charge is -2.35. The number of rotatable bonds is 3. The van der Waals surface area contributed by atoms with Crippen molar-refractivity contribution in [1.29, 1.82) is 5.26 Å². The van der Waals surface area contributed by atoms with Gasteiger partial charge < -0.3 is 14.5 Å². The van der Waals surface area contributed by atoms with Crippen LogP contribution in [-0.2, 0) is 4.74 Å². The number of piperazine rings is 1. The molecule has 3 heterocycles. The first-order valence-corrected chi connectivity index (χ1v) is 12.1. The third-order valence-electron chi connectivity index (χ3n) is 6.24. The summed E-state index contributed by atoms with van der Waals surface area (Å²) in [5.74, 6) is 0.182. The fourth-order valence-corrected chi connectivity index (χ4v) is 4.45. The Balaban J connectivity index is 1.74. The number of carbonyl (C=O) groups is 2. The van der Waals surface area contributed by atoms with Crippen LogP contribution in [0, 0.1) is 11.3 Å². The van der Waals surface area contributed by atoms with E-state index in [1.54, 1.807) is 30.7 Å². The lowest BCUT2D eigenvalue weighted by atomic mass is 9.95. The number of nitriles is 1. The maximum absolute atomic E-state index is 13.3. The van der Waals surface area contributed by atoms with Gasteiger partial charge in [-0.3, -0.25) is 5.01 Å². The van der Waals surface area contributed by atoms with Gasteiger partial charge in [0.05, 0.1) is 6.04 Å². The lowest BCUT2D eigenvalue weighted by molar-refractivity contribution is 0.0511. The SMILES string of the molecule is CN1CCN(C(=O)n2cnc3c(N(NC(=O)OC(C)(C)C)C4CCCCC4)nc(C#N)nc32)CC1. The van der Waals surface area contributed by atoms with Gasteiger partial charge in [-0.15, -0.1) is 0 Å². The number of anilines is 1. The van der Waals surface area contributed by atoms with Crippen LogP contribution < -0.4 is 10.4 Å². The summed E-state index contributed by atoms with van der Waals surface area (Å²) in [7, 11) is 2.02. The molecule has 35 heavy (non-hydrogen) atoms. The van der Waals surface area contributed by atoms with Gasteiger partial charge in [0.15, 0.2) is 17.0 Å². The number of hydrogen-bond acceptors (Lipinski definition) is 9. The van der Waals surface area contributed by atoms with Crippen molar-refractivity contribution in [2.24, 2.45) is 0 Å². The van der Waals surface area contributed by atoms with Crippen LogP contribution in [-0.4, -0.2) is 86.3 Å². The van der Waals surface area contributed by atoms with E-state index in [0.717, 1.165) is 45.2 Å². The number of nitrogens with zero attached hydrogens (tertiary/aromatic N) is 8. The molecule has 2 aromatic rings. The van der Waals surface area contributed by atoms with Crippen LogP contribution in [0.3, 0.4) is 0 Å². The van der Waals surface area contributed by atoms with E-state index in [1.807, 2.05) is 13.1 Å². The molecule has 0 aromatic carbocycles. The zero-order valence-corrected chi connectivity index (χ0v) is 20.8. The third-order valence-corrected chi connectivity index (χ3v) is 6.24. The topological polar surface area (TPSA) is 133 Å². The highest BCUT2D eigenvalue weighted by Gasteiger charge is 2.31. The maximum atomic E-state index is 13.3. The average Bonchev–Trinajstić information content (AvgIpc) is 3.25. The van der Waals surface area contributed by atoms with Gasteiger partial charge in [0.1, 0.15) is 18.0 Å². The number of imidazole rings is 1. The Kier molecular flexibility index (Phi) is 7.07. The number of aromatic nitrogens is 4. The molecule has 1 aliphatic heterocycles. The van der Waals surface area contributed by atoms with Gasteiger partial charge in [-0.2, -0.15) is 15.2 Å². The maximum Gasteiger partial charge on any atom is 0.426 e. The van der Waals surface area contributed by atoms with E-state index in [0.29, 0.717) is 18.6 Å². The molecule has 2 aromatic heterocycles. The first kappa shape index (κ1) is 24.7. The van der Waals surface area contributed by atoms with E-state index in [4.69, 9.17) is 4.74 Å². The number of carbonyl (C=O) groups excluding carboxylic acids is 2. The number of amides is 2. The average molecular weight is 484 g/mol. The Morgan fingerprint density at radius 2 is 1.83 bits per heavy atom. The number of fused-ring (bicyclic) bond motifs is 1. The van der Waals surface area contributed by atoms with Gasteiger partial charge in [-0.25, -0.2) is 24.6 Å². The van der Waals surface area contributed by atoms with E-state index in [2.05, 4.69) is 25.3 Å². The first-order chi connectivity index (χ1) is 16.7. The molecule has 0 bridgehead atoms. The van der Waals surface area contributed by atoms with Crippen molar-refractivity contribution in [3.63, 3.8) is 0 Å². The minimum Gasteiger partial charge on any atom is -0.443 e. The van der Waals surface area contributed by atoms with E-state index in [-0.39, 0.29) is 29.4 Å². The predicted octanol–water partition coefficient (Wildman–Crippen LogP) is 2.49. The minimum absolute atomic E-state index is 0.0561. The third kappa shape index (κ3) is 5.62. The van der Waals surface area contributed by atoms with Crippen molar-refractivity contribution in [1.82, 2.24) is 34.7 Å². The van der Waals surface area contributed by atoms with E-state index < -0.39 is 11.7 Å². The monoisotopic (exact) mass is 483 g/mol. The van der Waals surface area contributed by atoms with Crippen molar-refractivity contribution in [3.8, 4) is 6.07 Å². The molecular formula is C23H33N9O3. The number of ether oxygens (including phenoxy) is 1. The zero-order chi connectivity index (χ0) is 25.2. The molecule has 0 unspecified atom stereocenters. The van der Waals surface area contributed by atoms with Crippen LogP contribution in [0.4, 0.5) is 15.4 Å². The summed E-state index contributed by atoms with van der Waals surface area (Å²) in [5.41, 5.74) is 2.73. The Morgan fingerprint density at radius 1 is 1.14 bits per heavy atom. The summed E-state index contributed by atoms with van der Waals surface area (Å²) in [6, 6.07) is 1.68. The number of hydrazine groups is 1. The van der Waals surface area contributed by atoms with Gasteiger partial charge >= 0.3 is 12.1 Å². The molecule has 12 nitrogen and oxygen atoms in total. The van der Waals surface area contributed by atoms with Crippen molar-refractivity contribution < 1.29 is 14.3 Å². The molecule has 0 spiro atoms. The van der Waals surface area contributed by atoms with Gasteiger partial charge in [-0.05, 0) is 40.7 Å². The number of hydrogen-bond donors (Lipinski definition) is 1. The first-order valence-electron chi connectivity index (χ1n) is 12.1. The predicted molar refractivity (Wildman–Crippen MR) is 129 cm³/mol. The largest absolute Gasteiger partial charge is 0.443 e. The molecular weight excluding hydrogens is 450 g/mol. The van der Waals surface area contributed by atoms with Crippen molar-refractivity contribution in [2.75, 3.05) is 38.2 Å².